The number of aliphatic hydroxyl groups excluding tert-OH is 1. The van der Waals surface area contributed by atoms with E-state index in [0.717, 1.165) is 27.5 Å². The number of aromatic nitrogens is 1. The van der Waals surface area contributed by atoms with Gasteiger partial charge in [0, 0.05) is 13.1 Å². The molecule has 2 fully saturated rings. The summed E-state index contributed by atoms with van der Waals surface area (Å²) < 4.78 is 0. The molecular formula is C13H20N2OS. The average molecular weight is 252 g/mol. The van der Waals surface area contributed by atoms with E-state index in [9.17, 15) is 5.11 Å². The Labute approximate surface area is 106 Å². The summed E-state index contributed by atoms with van der Waals surface area (Å²) in [5, 5.41) is 10.8. The average Bonchev–Trinajstić information content (AvgIpc) is 2.88. The van der Waals surface area contributed by atoms with Crippen LogP contribution in [0.1, 0.15) is 42.9 Å². The summed E-state index contributed by atoms with van der Waals surface area (Å²) in [5.74, 6) is 1.79. The normalized spacial score (nSPS) is 29.7. The van der Waals surface area contributed by atoms with Crippen molar-refractivity contribution in [2.75, 3.05) is 18.0 Å². The fourth-order valence-electron chi connectivity index (χ4n) is 3.31. The van der Waals surface area contributed by atoms with Gasteiger partial charge in [0.15, 0.2) is 5.13 Å². The number of aliphatic hydroxyl groups is 1. The lowest BCUT2D eigenvalue weighted by molar-refractivity contribution is 0.202. The van der Waals surface area contributed by atoms with Crippen LogP contribution in [0.2, 0.25) is 0 Å². The SMILES string of the molecule is Cc1nc(N2CC3CCCC3C2)sc1C(C)O. The van der Waals surface area contributed by atoms with Crippen LogP contribution in [-0.2, 0) is 0 Å². The molecule has 2 aliphatic rings. The van der Waals surface area contributed by atoms with Crippen LogP contribution >= 0.6 is 11.3 Å². The first kappa shape index (κ1) is 11.5. The van der Waals surface area contributed by atoms with E-state index in [2.05, 4.69) is 9.88 Å². The maximum atomic E-state index is 9.67. The van der Waals surface area contributed by atoms with Gasteiger partial charge >= 0.3 is 0 Å². The maximum absolute atomic E-state index is 9.67. The zero-order valence-electron chi connectivity index (χ0n) is 10.5. The van der Waals surface area contributed by atoms with Crippen molar-refractivity contribution in [1.82, 2.24) is 4.98 Å². The zero-order chi connectivity index (χ0) is 12.0. The van der Waals surface area contributed by atoms with Gasteiger partial charge in [0.25, 0.3) is 0 Å². The van der Waals surface area contributed by atoms with Crippen LogP contribution in [0, 0.1) is 18.8 Å². The lowest BCUT2D eigenvalue weighted by atomic mass is 10.0. The van der Waals surface area contributed by atoms with E-state index in [1.807, 2.05) is 13.8 Å². The molecule has 1 saturated carbocycles. The van der Waals surface area contributed by atoms with Crippen molar-refractivity contribution in [3.63, 3.8) is 0 Å². The number of nitrogens with zero attached hydrogens (tertiary/aromatic N) is 2. The summed E-state index contributed by atoms with van der Waals surface area (Å²) >= 11 is 1.67. The fraction of sp³-hybridized carbons (Fsp3) is 0.769. The molecule has 3 atom stereocenters. The van der Waals surface area contributed by atoms with Gasteiger partial charge in [-0.15, -0.1) is 0 Å². The summed E-state index contributed by atoms with van der Waals surface area (Å²) in [4.78, 5) is 8.08. The highest BCUT2D eigenvalue weighted by Crippen LogP contribution is 2.41. The molecule has 0 spiro atoms. The minimum absolute atomic E-state index is 0.386. The molecule has 94 valence electrons. The van der Waals surface area contributed by atoms with E-state index in [-0.39, 0.29) is 6.10 Å². The second-order valence-corrected chi connectivity index (χ2v) is 6.49. The number of anilines is 1. The smallest absolute Gasteiger partial charge is 0.185 e. The van der Waals surface area contributed by atoms with Crippen molar-refractivity contribution in [2.45, 2.75) is 39.2 Å². The highest BCUT2D eigenvalue weighted by molar-refractivity contribution is 7.15. The molecule has 1 aliphatic carbocycles. The summed E-state index contributed by atoms with van der Waals surface area (Å²) in [6.45, 7) is 6.18. The zero-order valence-corrected chi connectivity index (χ0v) is 11.3. The first-order chi connectivity index (χ1) is 8.15. The Morgan fingerprint density at radius 1 is 1.35 bits per heavy atom. The molecule has 0 amide bonds. The van der Waals surface area contributed by atoms with Crippen LogP contribution < -0.4 is 4.90 Å². The van der Waals surface area contributed by atoms with E-state index in [1.165, 1.54) is 32.4 Å². The quantitative estimate of drug-likeness (QED) is 0.879. The van der Waals surface area contributed by atoms with Gasteiger partial charge in [-0.1, -0.05) is 17.8 Å². The standard InChI is InChI=1S/C13H20N2OS/c1-8-12(9(2)16)17-13(14-8)15-6-10-4-3-5-11(10)7-15/h9-11,16H,3-7H2,1-2H3. The van der Waals surface area contributed by atoms with E-state index < -0.39 is 0 Å². The van der Waals surface area contributed by atoms with E-state index in [4.69, 9.17) is 0 Å². The van der Waals surface area contributed by atoms with Crippen LogP contribution in [0.15, 0.2) is 0 Å². The first-order valence-electron chi connectivity index (χ1n) is 6.55. The maximum Gasteiger partial charge on any atom is 0.185 e. The molecule has 1 aromatic rings. The molecule has 17 heavy (non-hydrogen) atoms. The van der Waals surface area contributed by atoms with E-state index >= 15 is 0 Å². The second-order valence-electron chi connectivity index (χ2n) is 5.48. The van der Waals surface area contributed by atoms with Crippen molar-refractivity contribution in [1.29, 1.82) is 0 Å². The number of aryl methyl sites for hydroxylation is 1. The molecular weight excluding hydrogens is 232 g/mol. The van der Waals surface area contributed by atoms with E-state index in [1.54, 1.807) is 11.3 Å². The molecule has 3 nitrogen and oxygen atoms in total. The van der Waals surface area contributed by atoms with Crippen molar-refractivity contribution in [3.05, 3.63) is 10.6 Å². The molecule has 1 N–H and O–H groups in total. The molecule has 4 heteroatoms. The third-order valence-electron chi connectivity index (χ3n) is 4.20. The predicted molar refractivity (Wildman–Crippen MR) is 70.5 cm³/mol. The topological polar surface area (TPSA) is 36.4 Å². The van der Waals surface area contributed by atoms with Crippen molar-refractivity contribution in [2.24, 2.45) is 11.8 Å². The molecule has 0 aromatic carbocycles. The van der Waals surface area contributed by atoms with Gasteiger partial charge in [-0.25, -0.2) is 4.98 Å². The second kappa shape index (κ2) is 4.25. The third-order valence-corrected chi connectivity index (χ3v) is 5.59. The summed E-state index contributed by atoms with van der Waals surface area (Å²) in [6.07, 6.45) is 3.83. The molecule has 3 rings (SSSR count). The summed E-state index contributed by atoms with van der Waals surface area (Å²) in [5.41, 5.74) is 0.997. The fourth-order valence-corrected chi connectivity index (χ4v) is 4.33. The van der Waals surface area contributed by atoms with Gasteiger partial charge in [-0.2, -0.15) is 0 Å². The lowest BCUT2D eigenvalue weighted by Gasteiger charge is -2.15. The Morgan fingerprint density at radius 3 is 2.53 bits per heavy atom. The first-order valence-corrected chi connectivity index (χ1v) is 7.37. The van der Waals surface area contributed by atoms with Crippen LogP contribution in [0.3, 0.4) is 0 Å². The molecule has 1 aromatic heterocycles. The minimum Gasteiger partial charge on any atom is -0.388 e. The van der Waals surface area contributed by atoms with Gasteiger partial charge in [0.2, 0.25) is 0 Å². The highest BCUT2D eigenvalue weighted by Gasteiger charge is 2.37. The monoisotopic (exact) mass is 252 g/mol. The number of thiazole rings is 1. The van der Waals surface area contributed by atoms with Crippen LogP contribution in [0.25, 0.3) is 0 Å². The van der Waals surface area contributed by atoms with Gasteiger partial charge in [0.05, 0.1) is 16.7 Å². The molecule has 1 saturated heterocycles. The molecule has 0 bridgehead atoms. The number of fused-ring (bicyclic) bond motifs is 1. The summed E-state index contributed by atoms with van der Waals surface area (Å²) in [6, 6.07) is 0. The summed E-state index contributed by atoms with van der Waals surface area (Å²) in [7, 11) is 0. The Morgan fingerprint density at radius 2 is 2.00 bits per heavy atom. The van der Waals surface area contributed by atoms with E-state index in [0.29, 0.717) is 0 Å². The van der Waals surface area contributed by atoms with Crippen molar-refractivity contribution in [3.8, 4) is 0 Å². The number of rotatable bonds is 2. The predicted octanol–water partition coefficient (Wildman–Crippen LogP) is 2.74. The Bertz CT molecular complexity index is 404. The van der Waals surface area contributed by atoms with Gasteiger partial charge < -0.3 is 10.0 Å². The van der Waals surface area contributed by atoms with Crippen molar-refractivity contribution >= 4 is 16.5 Å². The van der Waals surface area contributed by atoms with Crippen LogP contribution in [0.4, 0.5) is 5.13 Å². The molecule has 3 unspecified atom stereocenters. The Hall–Kier alpha value is -0.610. The molecule has 0 radical (unpaired) electrons. The highest BCUT2D eigenvalue weighted by atomic mass is 32.1. The minimum atomic E-state index is -0.386. The number of hydrogen-bond donors (Lipinski definition) is 1. The van der Waals surface area contributed by atoms with Crippen LogP contribution in [0.5, 0.6) is 0 Å². The van der Waals surface area contributed by atoms with Crippen molar-refractivity contribution < 1.29 is 5.11 Å². The lowest BCUT2D eigenvalue weighted by Crippen LogP contribution is -2.20. The molecule has 1 aliphatic heterocycles. The largest absolute Gasteiger partial charge is 0.388 e. The Balaban J connectivity index is 1.79. The molecule has 2 heterocycles. The third kappa shape index (κ3) is 1.97. The number of hydrogen-bond acceptors (Lipinski definition) is 4. The van der Waals surface area contributed by atoms with Gasteiger partial charge in [-0.05, 0) is 38.5 Å². The Kier molecular flexibility index (Phi) is 2.87. The van der Waals surface area contributed by atoms with Gasteiger partial charge in [-0.3, -0.25) is 0 Å². The van der Waals surface area contributed by atoms with Crippen LogP contribution in [-0.4, -0.2) is 23.2 Å². The van der Waals surface area contributed by atoms with Gasteiger partial charge in [0.1, 0.15) is 0 Å².